The summed E-state index contributed by atoms with van der Waals surface area (Å²) in [6.07, 6.45) is 2.04. The molecule has 0 aliphatic heterocycles. The highest BCUT2D eigenvalue weighted by molar-refractivity contribution is 5.75. The van der Waals surface area contributed by atoms with E-state index in [4.69, 9.17) is 0 Å². The van der Waals surface area contributed by atoms with Gasteiger partial charge >= 0.3 is 5.97 Å². The molecule has 0 saturated carbocycles. The summed E-state index contributed by atoms with van der Waals surface area (Å²) in [6, 6.07) is 0. The molecule has 0 saturated heterocycles. The molecule has 0 heterocycles. The number of rotatable bonds is 9. The summed E-state index contributed by atoms with van der Waals surface area (Å²) >= 11 is 0. The molecule has 0 aromatic carbocycles. The number of hydrogen-bond acceptors (Lipinski definition) is 5. The van der Waals surface area contributed by atoms with Gasteiger partial charge in [-0.1, -0.05) is 0 Å². The van der Waals surface area contributed by atoms with Crippen LogP contribution >= 0.6 is 0 Å². The Morgan fingerprint density at radius 1 is 1.29 bits per heavy atom. The minimum Gasteiger partial charge on any atom is -0.469 e. The summed E-state index contributed by atoms with van der Waals surface area (Å²) in [7, 11) is 7.37. The van der Waals surface area contributed by atoms with Crippen molar-refractivity contribution in [2.75, 3.05) is 47.9 Å². The molecule has 0 aliphatic carbocycles. The van der Waals surface area contributed by atoms with Crippen molar-refractivity contribution in [2.24, 2.45) is 5.92 Å². The first-order chi connectivity index (χ1) is 8.01. The molecule has 5 heteroatoms. The summed E-state index contributed by atoms with van der Waals surface area (Å²) < 4.78 is 4.68. The molecule has 100 valence electrons. The normalized spacial score (nSPS) is 12.8. The van der Waals surface area contributed by atoms with Gasteiger partial charge in [-0.05, 0) is 40.7 Å². The van der Waals surface area contributed by atoms with Gasteiger partial charge in [0.2, 0.25) is 0 Å². The molecule has 0 radical (unpaired) electrons. The zero-order valence-electron chi connectivity index (χ0n) is 11.3. The Labute approximate surface area is 104 Å². The molecule has 0 rings (SSSR count). The van der Waals surface area contributed by atoms with Crippen LogP contribution in [0.15, 0.2) is 0 Å². The Kier molecular flexibility index (Phi) is 8.62. The average molecular weight is 244 g/mol. The monoisotopic (exact) mass is 244 g/mol. The molecule has 1 unspecified atom stereocenters. The van der Waals surface area contributed by atoms with E-state index in [1.807, 2.05) is 21.1 Å². The fraction of sp³-hybridized carbons (Fsp3) is 0.833. The van der Waals surface area contributed by atoms with Crippen molar-refractivity contribution in [3.63, 3.8) is 0 Å². The lowest BCUT2D eigenvalue weighted by Gasteiger charge is -2.21. The van der Waals surface area contributed by atoms with E-state index >= 15 is 0 Å². The van der Waals surface area contributed by atoms with Crippen LogP contribution in [0.25, 0.3) is 0 Å². The topological polar surface area (TPSA) is 49.9 Å². The second kappa shape index (κ2) is 9.13. The van der Waals surface area contributed by atoms with E-state index in [0.29, 0.717) is 6.54 Å². The molecular formula is C12H24N2O3. The molecule has 0 bridgehead atoms. The van der Waals surface area contributed by atoms with Crippen LogP contribution in [0.5, 0.6) is 0 Å². The molecule has 17 heavy (non-hydrogen) atoms. The molecule has 0 spiro atoms. The lowest BCUT2D eigenvalue weighted by atomic mass is 10.1. The van der Waals surface area contributed by atoms with Gasteiger partial charge in [-0.15, -0.1) is 0 Å². The van der Waals surface area contributed by atoms with Crippen molar-refractivity contribution < 1.29 is 14.3 Å². The number of carbonyl (C=O) groups is 2. The van der Waals surface area contributed by atoms with Crippen LogP contribution in [-0.2, 0) is 14.3 Å². The molecule has 0 N–H and O–H groups in total. The molecule has 0 aliphatic rings. The van der Waals surface area contributed by atoms with E-state index < -0.39 is 0 Å². The molecule has 5 nitrogen and oxygen atoms in total. The fourth-order valence-corrected chi connectivity index (χ4v) is 1.65. The summed E-state index contributed by atoms with van der Waals surface area (Å²) in [6.45, 7) is 2.49. The second-order valence-corrected chi connectivity index (χ2v) is 4.54. The minimum absolute atomic E-state index is 0.227. The first kappa shape index (κ1) is 16.1. The van der Waals surface area contributed by atoms with E-state index in [-0.39, 0.29) is 18.3 Å². The van der Waals surface area contributed by atoms with Gasteiger partial charge in [0, 0.05) is 13.0 Å². The first-order valence-corrected chi connectivity index (χ1v) is 5.86. The van der Waals surface area contributed by atoms with Crippen LogP contribution in [0.1, 0.15) is 12.8 Å². The van der Waals surface area contributed by atoms with Gasteiger partial charge in [0.05, 0.1) is 13.0 Å². The van der Waals surface area contributed by atoms with Crippen molar-refractivity contribution in [2.45, 2.75) is 12.8 Å². The van der Waals surface area contributed by atoms with E-state index in [0.717, 1.165) is 25.8 Å². The van der Waals surface area contributed by atoms with Crippen LogP contribution in [0.4, 0.5) is 0 Å². The molecule has 0 aromatic rings. The zero-order valence-corrected chi connectivity index (χ0v) is 11.3. The largest absolute Gasteiger partial charge is 0.469 e. The van der Waals surface area contributed by atoms with Crippen molar-refractivity contribution >= 4 is 12.3 Å². The summed E-state index contributed by atoms with van der Waals surface area (Å²) in [5.74, 6) is -0.654. The van der Waals surface area contributed by atoms with Crippen LogP contribution < -0.4 is 0 Å². The molecule has 0 aromatic heterocycles. The van der Waals surface area contributed by atoms with E-state index in [9.17, 15) is 9.59 Å². The molecule has 1 atom stereocenters. The van der Waals surface area contributed by atoms with E-state index in [1.165, 1.54) is 7.11 Å². The Balaban J connectivity index is 3.98. The fourth-order valence-electron chi connectivity index (χ4n) is 1.65. The van der Waals surface area contributed by atoms with Crippen molar-refractivity contribution in [3.05, 3.63) is 0 Å². The van der Waals surface area contributed by atoms with E-state index in [1.54, 1.807) is 0 Å². The standard InChI is InChI=1S/C12H24N2O3/c1-13(2)7-5-8-14(3)10-11(6-9-15)12(16)17-4/h9,11H,5-8,10H2,1-4H3. The summed E-state index contributed by atoms with van der Waals surface area (Å²) in [5, 5.41) is 0. The van der Waals surface area contributed by atoms with Crippen LogP contribution in [-0.4, -0.2) is 69.9 Å². The molecule has 0 fully saturated rings. The molecule has 0 amide bonds. The summed E-state index contributed by atoms with van der Waals surface area (Å²) in [5.41, 5.74) is 0. The average Bonchev–Trinajstić information content (AvgIpc) is 2.27. The smallest absolute Gasteiger partial charge is 0.310 e. The Morgan fingerprint density at radius 2 is 1.94 bits per heavy atom. The summed E-state index contributed by atoms with van der Waals surface area (Å²) in [4.78, 5) is 26.1. The lowest BCUT2D eigenvalue weighted by molar-refractivity contribution is -0.147. The number of hydrogen-bond donors (Lipinski definition) is 0. The van der Waals surface area contributed by atoms with Gasteiger partial charge in [0.15, 0.2) is 0 Å². The third kappa shape index (κ3) is 7.88. The molecular weight excluding hydrogens is 220 g/mol. The highest BCUT2D eigenvalue weighted by Gasteiger charge is 2.20. The maximum Gasteiger partial charge on any atom is 0.310 e. The number of methoxy groups -OCH3 is 1. The predicted molar refractivity (Wildman–Crippen MR) is 66.9 cm³/mol. The van der Waals surface area contributed by atoms with Gasteiger partial charge < -0.3 is 19.3 Å². The predicted octanol–water partition coefficient (Wildman–Crippen LogP) is 0.248. The number of esters is 1. The van der Waals surface area contributed by atoms with Crippen LogP contribution in [0, 0.1) is 5.92 Å². The maximum absolute atomic E-state index is 11.4. The number of carbonyl (C=O) groups excluding carboxylic acids is 2. The van der Waals surface area contributed by atoms with Crippen molar-refractivity contribution in [1.29, 1.82) is 0 Å². The zero-order chi connectivity index (χ0) is 13.3. The maximum atomic E-state index is 11.4. The van der Waals surface area contributed by atoms with Crippen LogP contribution in [0.3, 0.4) is 0 Å². The van der Waals surface area contributed by atoms with E-state index in [2.05, 4.69) is 14.5 Å². The Morgan fingerprint density at radius 3 is 2.41 bits per heavy atom. The lowest BCUT2D eigenvalue weighted by Crippen LogP contribution is -2.33. The van der Waals surface area contributed by atoms with Crippen molar-refractivity contribution in [3.8, 4) is 0 Å². The third-order valence-electron chi connectivity index (χ3n) is 2.59. The highest BCUT2D eigenvalue weighted by Crippen LogP contribution is 2.06. The first-order valence-electron chi connectivity index (χ1n) is 5.86. The van der Waals surface area contributed by atoms with Crippen LogP contribution in [0.2, 0.25) is 0 Å². The number of ether oxygens (including phenoxy) is 1. The number of nitrogens with zero attached hydrogens (tertiary/aromatic N) is 2. The van der Waals surface area contributed by atoms with Gasteiger partial charge in [-0.3, -0.25) is 4.79 Å². The Bertz CT molecular complexity index is 232. The van der Waals surface area contributed by atoms with Gasteiger partial charge in [-0.25, -0.2) is 0 Å². The minimum atomic E-state index is -0.346. The highest BCUT2D eigenvalue weighted by atomic mass is 16.5. The second-order valence-electron chi connectivity index (χ2n) is 4.54. The third-order valence-corrected chi connectivity index (χ3v) is 2.59. The number of aldehydes is 1. The van der Waals surface area contributed by atoms with Gasteiger partial charge in [0.1, 0.15) is 6.29 Å². The quantitative estimate of drug-likeness (QED) is 0.430. The van der Waals surface area contributed by atoms with Gasteiger partial charge in [-0.2, -0.15) is 0 Å². The van der Waals surface area contributed by atoms with Gasteiger partial charge in [0.25, 0.3) is 0 Å². The Hall–Kier alpha value is -0.940. The van der Waals surface area contributed by atoms with Crippen molar-refractivity contribution in [1.82, 2.24) is 9.80 Å². The SMILES string of the molecule is COC(=O)C(CC=O)CN(C)CCCN(C)C.